The molecule has 0 spiro atoms. The van der Waals surface area contributed by atoms with E-state index < -0.39 is 0 Å². The van der Waals surface area contributed by atoms with Crippen LogP contribution in [0, 0.1) is 0 Å². The molecule has 0 bridgehead atoms. The maximum Gasteiger partial charge on any atom is 0.209 e. The van der Waals surface area contributed by atoms with Gasteiger partial charge in [0.05, 0.1) is 5.69 Å². The minimum Gasteiger partial charge on any atom is -0.371 e. The van der Waals surface area contributed by atoms with E-state index in [2.05, 4.69) is 126 Å². The molecule has 0 saturated carbocycles. The Morgan fingerprint density at radius 3 is 1.24 bits per heavy atom. The van der Waals surface area contributed by atoms with Gasteiger partial charge in [0.2, 0.25) is 6.04 Å². The zero-order chi connectivity index (χ0) is 35.6. The molecular weight excluding hydrogens is 661 g/mol. The number of aromatic nitrogens is 1. The molecule has 5 aromatic rings. The van der Waals surface area contributed by atoms with Crippen molar-refractivity contribution in [1.29, 1.82) is 0 Å². The number of benzene rings is 4. The molecule has 4 aromatic carbocycles. The first-order valence-electron chi connectivity index (χ1n) is 21.0. The summed E-state index contributed by atoms with van der Waals surface area (Å²) in [4.78, 5) is 13.4. The highest BCUT2D eigenvalue weighted by Gasteiger charge is 2.39. The number of aryl methyl sites for hydroxylation is 4. The quantitative estimate of drug-likeness (QED) is 0.160. The Bertz CT molecular complexity index is 1980. The third-order valence-corrected chi connectivity index (χ3v) is 13.4. The van der Waals surface area contributed by atoms with E-state index in [-0.39, 0.29) is 6.04 Å². The van der Waals surface area contributed by atoms with Gasteiger partial charge in [-0.1, -0.05) is 60.7 Å². The van der Waals surface area contributed by atoms with Gasteiger partial charge >= 0.3 is 0 Å². The number of rotatable bonds is 7. The zero-order valence-electron chi connectivity index (χ0n) is 31.7. The van der Waals surface area contributed by atoms with E-state index in [9.17, 15) is 0 Å². The van der Waals surface area contributed by atoms with Gasteiger partial charge in [0, 0.05) is 87.9 Å². The smallest absolute Gasteiger partial charge is 0.209 e. The summed E-state index contributed by atoms with van der Waals surface area (Å²) in [6, 6.07) is 32.9. The number of pyridine rings is 1. The molecule has 0 amide bonds. The summed E-state index contributed by atoms with van der Waals surface area (Å²) in [5.74, 6) is 0. The molecule has 0 saturated heterocycles. The van der Waals surface area contributed by atoms with Gasteiger partial charge in [-0.05, 0) is 109 Å². The van der Waals surface area contributed by atoms with Crippen LogP contribution in [0.2, 0.25) is 0 Å². The molecule has 7 heterocycles. The van der Waals surface area contributed by atoms with Gasteiger partial charge in [0.25, 0.3) is 0 Å². The van der Waals surface area contributed by atoms with Crippen LogP contribution in [0.5, 0.6) is 0 Å². The van der Waals surface area contributed by atoms with E-state index in [0.717, 1.165) is 39.3 Å². The zero-order valence-corrected chi connectivity index (χ0v) is 31.7. The van der Waals surface area contributed by atoms with Crippen LogP contribution in [-0.4, -0.2) is 52.4 Å². The highest BCUT2D eigenvalue weighted by Crippen LogP contribution is 2.46. The Kier molecular flexibility index (Phi) is 8.06. The molecule has 0 radical (unpaired) electrons. The Hall–Kier alpha value is -4.97. The van der Waals surface area contributed by atoms with Crippen molar-refractivity contribution in [3.05, 3.63) is 142 Å². The van der Waals surface area contributed by atoms with Crippen molar-refractivity contribution in [3.63, 3.8) is 0 Å². The first-order chi connectivity index (χ1) is 26.7. The first kappa shape index (κ1) is 32.5. The normalized spacial score (nSPS) is 18.4. The van der Waals surface area contributed by atoms with Crippen LogP contribution in [0.1, 0.15) is 76.2 Å². The molecule has 0 atom stereocenters. The van der Waals surface area contributed by atoms with Gasteiger partial charge in [0.15, 0.2) is 12.4 Å². The van der Waals surface area contributed by atoms with Crippen molar-refractivity contribution >= 4 is 28.4 Å². The van der Waals surface area contributed by atoms with E-state index in [1.54, 1.807) is 33.6 Å². The van der Waals surface area contributed by atoms with Crippen LogP contribution in [0.15, 0.2) is 97.3 Å². The van der Waals surface area contributed by atoms with Crippen LogP contribution in [-0.2, 0) is 38.8 Å². The number of hydrogen-bond donors (Lipinski definition) is 0. The lowest BCUT2D eigenvalue weighted by atomic mass is 9.84. The van der Waals surface area contributed by atoms with E-state index >= 15 is 0 Å². The van der Waals surface area contributed by atoms with Crippen LogP contribution in [0.25, 0.3) is 0 Å². The average molecular weight is 714 g/mol. The Labute approximate surface area is 321 Å². The molecule has 0 fully saturated rings. The maximum absolute atomic E-state index is 2.70. The fourth-order valence-corrected chi connectivity index (χ4v) is 11.0. The summed E-state index contributed by atoms with van der Waals surface area (Å²) in [5, 5.41) is 0. The van der Waals surface area contributed by atoms with Crippen molar-refractivity contribution in [2.24, 2.45) is 0 Å². The van der Waals surface area contributed by atoms with Gasteiger partial charge in [-0.3, -0.25) is 0 Å². The fourth-order valence-electron chi connectivity index (χ4n) is 11.0. The molecule has 274 valence electrons. The number of nitrogens with zero attached hydrogens (tertiary/aromatic N) is 6. The summed E-state index contributed by atoms with van der Waals surface area (Å²) in [6.07, 6.45) is 14.9. The molecule has 6 aliphatic rings. The SMILES string of the molecule is c1ccc(CN2CCN3CCN(Cc4ccccc4)c4c[n+](C(c5cc6c7c(c5)CCCN7CCC6)c5cc6c7c(c5)CCCN7CCC6)cc2c43)cc1. The van der Waals surface area contributed by atoms with Crippen LogP contribution < -0.4 is 29.1 Å². The monoisotopic (exact) mass is 713 g/mol. The van der Waals surface area contributed by atoms with Crippen LogP contribution in [0.3, 0.4) is 0 Å². The summed E-state index contributed by atoms with van der Waals surface area (Å²) in [7, 11) is 0. The van der Waals surface area contributed by atoms with Gasteiger partial charge in [-0.15, -0.1) is 0 Å². The highest BCUT2D eigenvalue weighted by molar-refractivity contribution is 5.86. The van der Waals surface area contributed by atoms with Crippen LogP contribution in [0.4, 0.5) is 28.4 Å². The van der Waals surface area contributed by atoms with E-state index in [1.807, 2.05) is 0 Å². The highest BCUT2D eigenvalue weighted by atomic mass is 15.3. The van der Waals surface area contributed by atoms with Crippen molar-refractivity contribution in [2.45, 2.75) is 70.5 Å². The molecule has 0 N–H and O–H groups in total. The standard InChI is InChI=1S/C48H53N6/c1-3-11-35(12-4-1)31-52-25-23-51-24-26-53(32-36-13-5-2-6-14-36)44-34-54(33-43(52)48(44)51)47(41-27-37-15-7-19-49-20-8-16-38(28-41)45(37)49)42-29-39-17-9-21-50-22-10-18-40(30-42)46(39)50/h1-6,11-14,27-30,33-34,47H,7-10,15-26,31-32H2/q+1. The number of hydrogen-bond acceptors (Lipinski definition) is 5. The molecule has 0 aliphatic carbocycles. The second-order valence-electron chi connectivity index (χ2n) is 16.8. The van der Waals surface area contributed by atoms with Gasteiger partial charge in [0.1, 0.15) is 11.4 Å². The van der Waals surface area contributed by atoms with Crippen molar-refractivity contribution < 1.29 is 4.57 Å². The Morgan fingerprint density at radius 1 is 0.444 bits per heavy atom. The number of anilines is 5. The minimum atomic E-state index is 0.0960. The van der Waals surface area contributed by atoms with Crippen molar-refractivity contribution in [1.82, 2.24) is 0 Å². The van der Waals surface area contributed by atoms with Crippen molar-refractivity contribution in [3.8, 4) is 0 Å². The molecule has 11 rings (SSSR count). The second kappa shape index (κ2) is 13.4. The molecule has 6 heteroatoms. The lowest BCUT2D eigenvalue weighted by molar-refractivity contribution is -0.703. The van der Waals surface area contributed by atoms with E-state index in [4.69, 9.17) is 0 Å². The average Bonchev–Trinajstić information content (AvgIpc) is 3.21. The fraction of sp³-hybridized carbons (Fsp3) is 0.396. The Balaban J connectivity index is 1.13. The lowest BCUT2D eigenvalue weighted by Crippen LogP contribution is -2.51. The first-order valence-corrected chi connectivity index (χ1v) is 21.0. The minimum absolute atomic E-state index is 0.0960. The molecule has 54 heavy (non-hydrogen) atoms. The summed E-state index contributed by atoms with van der Waals surface area (Å²) >= 11 is 0. The second-order valence-corrected chi connectivity index (χ2v) is 16.8. The van der Waals surface area contributed by atoms with E-state index in [0.29, 0.717) is 0 Å². The summed E-state index contributed by atoms with van der Waals surface area (Å²) in [5.41, 5.74) is 19.3. The summed E-state index contributed by atoms with van der Waals surface area (Å²) in [6.45, 7) is 10.9. The maximum atomic E-state index is 2.70. The molecule has 0 unspecified atom stereocenters. The third kappa shape index (κ3) is 5.63. The van der Waals surface area contributed by atoms with E-state index in [1.165, 1.54) is 117 Å². The van der Waals surface area contributed by atoms with Gasteiger partial charge < -0.3 is 24.5 Å². The predicted octanol–water partition coefficient (Wildman–Crippen LogP) is 7.86. The molecule has 1 aromatic heterocycles. The molecule has 6 nitrogen and oxygen atoms in total. The summed E-state index contributed by atoms with van der Waals surface area (Å²) < 4.78 is 2.66. The Morgan fingerprint density at radius 2 is 0.833 bits per heavy atom. The van der Waals surface area contributed by atoms with Gasteiger partial charge in [-0.2, -0.15) is 4.57 Å². The topological polar surface area (TPSA) is 20.1 Å². The van der Waals surface area contributed by atoms with Crippen molar-refractivity contribution in [2.75, 3.05) is 76.9 Å². The predicted molar refractivity (Wildman–Crippen MR) is 222 cm³/mol. The molecular formula is C48H53N6+. The van der Waals surface area contributed by atoms with Crippen LogP contribution >= 0.6 is 0 Å². The molecule has 6 aliphatic heterocycles. The lowest BCUT2D eigenvalue weighted by Gasteiger charge is -2.45. The third-order valence-electron chi connectivity index (χ3n) is 13.4. The largest absolute Gasteiger partial charge is 0.371 e. The van der Waals surface area contributed by atoms with Gasteiger partial charge in [-0.25, -0.2) is 0 Å².